The molecule has 0 fully saturated rings. The second-order valence-corrected chi connectivity index (χ2v) is 3.45. The topological polar surface area (TPSA) is 54.3 Å². The molecule has 0 saturated carbocycles. The van der Waals surface area contributed by atoms with E-state index in [1.807, 2.05) is 5.32 Å². The Kier molecular flexibility index (Phi) is 4.17. The highest BCUT2D eigenvalue weighted by molar-refractivity contribution is 5.92. The molecule has 0 aliphatic heterocycles. The molecule has 4 nitrogen and oxygen atoms in total. The van der Waals surface area contributed by atoms with E-state index in [4.69, 9.17) is 5.11 Å². The minimum absolute atomic E-state index is 0.266. The number of amides is 1. The molecule has 1 atom stereocenters. The highest BCUT2D eigenvalue weighted by Crippen LogP contribution is 2.19. The summed E-state index contributed by atoms with van der Waals surface area (Å²) >= 11 is 0. The van der Waals surface area contributed by atoms with Crippen molar-refractivity contribution in [2.45, 2.75) is 25.7 Å². The van der Waals surface area contributed by atoms with E-state index in [1.54, 1.807) is 23.8 Å². The molecule has 1 rings (SSSR count). The molecule has 2 N–H and O–H groups in total. The number of hydrogen-bond donors (Lipinski definition) is 2. The van der Waals surface area contributed by atoms with Gasteiger partial charge in [-0.25, -0.2) is 0 Å². The van der Waals surface area contributed by atoms with Crippen LogP contribution in [0.2, 0.25) is 0 Å². The third kappa shape index (κ3) is 3.48. The highest BCUT2D eigenvalue weighted by Gasteiger charge is 2.38. The lowest BCUT2D eigenvalue weighted by Gasteiger charge is -2.15. The molecule has 1 heterocycles. The third-order valence-corrected chi connectivity index (χ3v) is 2.24. The van der Waals surface area contributed by atoms with Crippen molar-refractivity contribution in [2.24, 2.45) is 0 Å². The lowest BCUT2D eigenvalue weighted by atomic mass is 10.3. The molecule has 1 aromatic heterocycles. The summed E-state index contributed by atoms with van der Waals surface area (Å²) in [4.78, 5) is 11.5. The van der Waals surface area contributed by atoms with Crippen molar-refractivity contribution in [3.8, 4) is 0 Å². The molecule has 0 aromatic carbocycles. The minimum Gasteiger partial charge on any atom is -0.382 e. The molecule has 1 unspecified atom stereocenters. The Balaban J connectivity index is 2.57. The predicted octanol–water partition coefficient (Wildman–Crippen LogP) is 1.16. The Hall–Kier alpha value is -1.50. The van der Waals surface area contributed by atoms with Crippen molar-refractivity contribution >= 4 is 5.91 Å². The van der Waals surface area contributed by atoms with Crippen LogP contribution in [-0.4, -0.2) is 34.4 Å². The largest absolute Gasteiger partial charge is 0.416 e. The van der Waals surface area contributed by atoms with Crippen LogP contribution in [0.25, 0.3) is 0 Å². The molecule has 0 radical (unpaired) electrons. The lowest BCUT2D eigenvalue weighted by Crippen LogP contribution is -2.41. The summed E-state index contributed by atoms with van der Waals surface area (Å²) in [5, 5.41) is 10.7. The van der Waals surface area contributed by atoms with Crippen LogP contribution in [0, 0.1) is 0 Å². The molecule has 96 valence electrons. The van der Waals surface area contributed by atoms with Gasteiger partial charge < -0.3 is 15.0 Å². The summed E-state index contributed by atoms with van der Waals surface area (Å²) < 4.78 is 37.5. The summed E-state index contributed by atoms with van der Waals surface area (Å²) in [6.07, 6.45) is -5.62. The number of carbonyl (C=O) groups excluding carboxylic acids is 1. The van der Waals surface area contributed by atoms with Crippen molar-refractivity contribution in [3.63, 3.8) is 0 Å². The summed E-state index contributed by atoms with van der Waals surface area (Å²) in [6.45, 7) is 1.50. The highest BCUT2D eigenvalue weighted by atomic mass is 19.4. The number of nitrogens with one attached hydrogen (secondary N) is 1. The number of alkyl halides is 3. The van der Waals surface area contributed by atoms with Crippen molar-refractivity contribution < 1.29 is 23.1 Å². The number of rotatable bonds is 4. The molecule has 1 aromatic rings. The first-order valence-electron chi connectivity index (χ1n) is 5.04. The maximum absolute atomic E-state index is 12.0. The zero-order valence-electron chi connectivity index (χ0n) is 9.16. The van der Waals surface area contributed by atoms with Gasteiger partial charge in [-0.3, -0.25) is 4.79 Å². The molecule has 17 heavy (non-hydrogen) atoms. The average Bonchev–Trinajstić information content (AvgIpc) is 2.71. The van der Waals surface area contributed by atoms with Gasteiger partial charge in [0.05, 0.1) is 6.54 Å². The van der Waals surface area contributed by atoms with Gasteiger partial charge in [0, 0.05) is 12.7 Å². The summed E-state index contributed by atoms with van der Waals surface area (Å²) in [7, 11) is 0. The Morgan fingerprint density at radius 3 is 2.76 bits per heavy atom. The summed E-state index contributed by atoms with van der Waals surface area (Å²) in [5.41, 5.74) is 0.266. The van der Waals surface area contributed by atoms with Crippen molar-refractivity contribution in [1.29, 1.82) is 0 Å². The number of aromatic nitrogens is 1. The fourth-order valence-electron chi connectivity index (χ4n) is 1.29. The van der Waals surface area contributed by atoms with Crippen LogP contribution in [0.1, 0.15) is 17.4 Å². The second kappa shape index (κ2) is 5.22. The number of aryl methyl sites for hydroxylation is 1. The second-order valence-electron chi connectivity index (χ2n) is 3.45. The maximum Gasteiger partial charge on any atom is 0.416 e. The zero-order valence-corrected chi connectivity index (χ0v) is 9.16. The Morgan fingerprint density at radius 2 is 2.24 bits per heavy atom. The predicted molar refractivity (Wildman–Crippen MR) is 54.5 cm³/mol. The van der Waals surface area contributed by atoms with E-state index in [0.29, 0.717) is 6.54 Å². The summed E-state index contributed by atoms with van der Waals surface area (Å²) in [6, 6.07) is 3.12. The van der Waals surface area contributed by atoms with Crippen molar-refractivity contribution in [3.05, 3.63) is 24.0 Å². The first kappa shape index (κ1) is 13.6. The Bertz CT molecular complexity index is 387. The van der Waals surface area contributed by atoms with Gasteiger partial charge in [-0.1, -0.05) is 0 Å². The van der Waals surface area contributed by atoms with E-state index in [1.165, 1.54) is 6.07 Å². The SMILES string of the molecule is CCn1cccc1C(=O)NCC(O)C(F)(F)F. The molecule has 0 aliphatic carbocycles. The first-order chi connectivity index (χ1) is 7.86. The fraction of sp³-hybridized carbons (Fsp3) is 0.500. The standard InChI is InChI=1S/C10H13F3N2O2/c1-2-15-5-3-4-7(15)9(17)14-6-8(16)10(11,12)13/h3-5,8,16H,2,6H2,1H3,(H,14,17). The number of halogens is 3. The van der Waals surface area contributed by atoms with Gasteiger partial charge in [0.2, 0.25) is 0 Å². The number of hydrogen-bond acceptors (Lipinski definition) is 2. The fourth-order valence-corrected chi connectivity index (χ4v) is 1.29. The number of carbonyl (C=O) groups is 1. The van der Waals surface area contributed by atoms with E-state index < -0.39 is 24.7 Å². The van der Waals surface area contributed by atoms with E-state index in [9.17, 15) is 18.0 Å². The molecule has 1 amide bonds. The maximum atomic E-state index is 12.0. The summed E-state index contributed by atoms with van der Waals surface area (Å²) in [5.74, 6) is -0.639. The van der Waals surface area contributed by atoms with E-state index in [2.05, 4.69) is 0 Å². The first-order valence-corrected chi connectivity index (χ1v) is 5.04. The molecule has 7 heteroatoms. The van der Waals surface area contributed by atoms with Crippen LogP contribution in [-0.2, 0) is 6.54 Å². The van der Waals surface area contributed by atoms with Crippen LogP contribution in [0.15, 0.2) is 18.3 Å². The van der Waals surface area contributed by atoms with Crippen LogP contribution < -0.4 is 5.32 Å². The quantitative estimate of drug-likeness (QED) is 0.842. The lowest BCUT2D eigenvalue weighted by molar-refractivity contribution is -0.201. The van der Waals surface area contributed by atoms with Crippen LogP contribution >= 0.6 is 0 Å². The van der Waals surface area contributed by atoms with Gasteiger partial charge >= 0.3 is 6.18 Å². The molecule has 0 saturated heterocycles. The number of aliphatic hydroxyl groups is 1. The van der Waals surface area contributed by atoms with Gasteiger partial charge in [-0.15, -0.1) is 0 Å². The van der Waals surface area contributed by atoms with Gasteiger partial charge in [-0.2, -0.15) is 13.2 Å². The van der Waals surface area contributed by atoms with Gasteiger partial charge in [0.15, 0.2) is 6.10 Å². The van der Waals surface area contributed by atoms with Gasteiger partial charge in [-0.05, 0) is 19.1 Å². The molecular weight excluding hydrogens is 237 g/mol. The van der Waals surface area contributed by atoms with Crippen molar-refractivity contribution in [1.82, 2.24) is 9.88 Å². The normalized spacial score (nSPS) is 13.5. The van der Waals surface area contributed by atoms with Crippen molar-refractivity contribution in [2.75, 3.05) is 6.54 Å². The zero-order chi connectivity index (χ0) is 13.1. The third-order valence-electron chi connectivity index (χ3n) is 2.24. The van der Waals surface area contributed by atoms with Crippen LogP contribution in [0.5, 0.6) is 0 Å². The number of nitrogens with zero attached hydrogens (tertiary/aromatic N) is 1. The minimum atomic E-state index is -4.72. The average molecular weight is 250 g/mol. The molecule has 0 bridgehead atoms. The molecule has 0 spiro atoms. The molecule has 0 aliphatic rings. The van der Waals surface area contributed by atoms with Crippen LogP contribution in [0.3, 0.4) is 0 Å². The van der Waals surface area contributed by atoms with E-state index >= 15 is 0 Å². The monoisotopic (exact) mass is 250 g/mol. The Morgan fingerprint density at radius 1 is 1.59 bits per heavy atom. The van der Waals surface area contributed by atoms with Gasteiger partial charge in [0.1, 0.15) is 5.69 Å². The van der Waals surface area contributed by atoms with E-state index in [0.717, 1.165) is 0 Å². The molecular formula is C10H13F3N2O2. The van der Waals surface area contributed by atoms with E-state index in [-0.39, 0.29) is 5.69 Å². The van der Waals surface area contributed by atoms with Gasteiger partial charge in [0.25, 0.3) is 5.91 Å². The Labute approximate surface area is 96.0 Å². The van der Waals surface area contributed by atoms with Crippen LogP contribution in [0.4, 0.5) is 13.2 Å². The smallest absolute Gasteiger partial charge is 0.382 e. The number of aliphatic hydroxyl groups excluding tert-OH is 1.